The first-order valence-corrected chi connectivity index (χ1v) is 3.74. The Morgan fingerprint density at radius 3 is 3.09 bits per heavy atom. The van der Waals surface area contributed by atoms with Crippen LogP contribution in [0.3, 0.4) is 0 Å². The van der Waals surface area contributed by atoms with Crippen molar-refractivity contribution in [2.45, 2.75) is 6.61 Å². The third kappa shape index (κ3) is 1.05. The molecule has 1 heterocycles. The molecular weight excluding hydrogens is 162 g/mol. The molecule has 0 saturated carbocycles. The summed E-state index contributed by atoms with van der Waals surface area (Å²) in [5.41, 5.74) is 1.69. The average Bonchev–Trinajstić information content (AvgIpc) is 2.34. The lowest BCUT2D eigenvalue weighted by atomic mass is 9.79. The summed E-state index contributed by atoms with van der Waals surface area (Å²) in [7, 11) is -0.835. The second-order valence-corrected chi connectivity index (χ2v) is 2.88. The van der Waals surface area contributed by atoms with Gasteiger partial charge in [0.1, 0.15) is 0 Å². The number of hydrogen-bond donors (Lipinski definition) is 1. The fourth-order valence-electron chi connectivity index (χ4n) is 1.24. The summed E-state index contributed by atoms with van der Waals surface area (Å²) in [5, 5.41) is 9.83. The molecule has 0 radical (unpaired) electrons. The Hall–Kier alpha value is -0.505. The van der Waals surface area contributed by atoms with Crippen LogP contribution >= 0.6 is 11.6 Å². The molecule has 1 aliphatic rings. The second-order valence-electron chi connectivity index (χ2n) is 2.48. The molecule has 0 aromatic heterocycles. The van der Waals surface area contributed by atoms with Crippen LogP contribution in [0.4, 0.5) is 0 Å². The highest BCUT2D eigenvalue weighted by atomic mass is 35.5. The normalized spacial score (nSPS) is 15.3. The lowest BCUT2D eigenvalue weighted by Gasteiger charge is -1.98. The highest BCUT2D eigenvalue weighted by Gasteiger charge is 2.29. The van der Waals surface area contributed by atoms with Gasteiger partial charge in [0.2, 0.25) is 0 Å². The van der Waals surface area contributed by atoms with Gasteiger partial charge in [-0.25, -0.2) is 0 Å². The van der Waals surface area contributed by atoms with Gasteiger partial charge < -0.3 is 9.68 Å². The van der Waals surface area contributed by atoms with Crippen molar-refractivity contribution >= 4 is 24.2 Å². The van der Waals surface area contributed by atoms with Gasteiger partial charge in [0.05, 0.1) is 6.61 Å². The van der Waals surface area contributed by atoms with Gasteiger partial charge in [-0.05, 0) is 11.6 Å². The van der Waals surface area contributed by atoms with Gasteiger partial charge >= 0.3 is 7.12 Å². The summed E-state index contributed by atoms with van der Waals surface area (Å²) in [6.07, 6.45) is 0. The molecule has 56 valence electrons. The van der Waals surface area contributed by atoms with Gasteiger partial charge in [-0.2, -0.15) is 0 Å². The molecule has 0 saturated heterocycles. The molecule has 1 aromatic rings. The lowest BCUT2D eigenvalue weighted by molar-refractivity contribution is 0.275. The van der Waals surface area contributed by atoms with Crippen LogP contribution in [0.2, 0.25) is 5.02 Å². The third-order valence-electron chi connectivity index (χ3n) is 1.79. The van der Waals surface area contributed by atoms with Gasteiger partial charge in [-0.15, -0.1) is 0 Å². The quantitative estimate of drug-likeness (QED) is 0.574. The summed E-state index contributed by atoms with van der Waals surface area (Å²) in [4.78, 5) is 0. The van der Waals surface area contributed by atoms with Crippen LogP contribution < -0.4 is 5.46 Å². The molecule has 2 rings (SSSR count). The SMILES string of the molecule is OB1OCc2cccc(Cl)c21. The Balaban J connectivity index is 2.58. The Bertz CT molecular complexity index is 290. The molecular formula is C7H6BClO2. The summed E-state index contributed by atoms with van der Waals surface area (Å²) in [6.45, 7) is 0.455. The van der Waals surface area contributed by atoms with E-state index in [1.165, 1.54) is 0 Å². The maximum absolute atomic E-state index is 9.26. The van der Waals surface area contributed by atoms with Gasteiger partial charge in [-0.3, -0.25) is 0 Å². The first kappa shape index (κ1) is 7.16. The predicted octanol–water partition coefficient (Wildman–Crippen LogP) is 0.558. The van der Waals surface area contributed by atoms with Crippen LogP contribution in [0, 0.1) is 0 Å². The van der Waals surface area contributed by atoms with Crippen molar-refractivity contribution in [2.24, 2.45) is 0 Å². The van der Waals surface area contributed by atoms with E-state index in [1.807, 2.05) is 12.1 Å². The smallest absolute Gasteiger partial charge is 0.423 e. The molecule has 1 aliphatic heterocycles. The molecule has 0 unspecified atom stereocenters. The molecule has 0 bridgehead atoms. The molecule has 0 fully saturated rings. The van der Waals surface area contributed by atoms with Crippen LogP contribution in [0.25, 0.3) is 0 Å². The zero-order chi connectivity index (χ0) is 7.84. The van der Waals surface area contributed by atoms with Crippen LogP contribution in [0.1, 0.15) is 5.56 Å². The van der Waals surface area contributed by atoms with E-state index in [0.29, 0.717) is 17.1 Å². The van der Waals surface area contributed by atoms with Crippen molar-refractivity contribution in [2.75, 3.05) is 0 Å². The van der Waals surface area contributed by atoms with Gasteiger partial charge in [0, 0.05) is 10.5 Å². The predicted molar refractivity (Wildman–Crippen MR) is 43.8 cm³/mol. The van der Waals surface area contributed by atoms with Gasteiger partial charge in [-0.1, -0.05) is 23.7 Å². The molecule has 0 atom stereocenters. The summed E-state index contributed by atoms with van der Waals surface area (Å²) < 4.78 is 4.98. The zero-order valence-corrected chi connectivity index (χ0v) is 6.51. The fourth-order valence-corrected chi connectivity index (χ4v) is 1.52. The standard InChI is InChI=1S/C7H6BClO2/c9-6-3-1-2-5-4-11-8(10)7(5)6/h1-3,10H,4H2. The number of halogens is 1. The summed E-state index contributed by atoms with van der Waals surface area (Å²) >= 11 is 5.82. The van der Waals surface area contributed by atoms with E-state index in [-0.39, 0.29) is 0 Å². The minimum Gasteiger partial charge on any atom is -0.423 e. The minimum atomic E-state index is -0.835. The van der Waals surface area contributed by atoms with E-state index < -0.39 is 7.12 Å². The minimum absolute atomic E-state index is 0.455. The molecule has 1 aromatic carbocycles. The molecule has 4 heteroatoms. The third-order valence-corrected chi connectivity index (χ3v) is 2.12. The Morgan fingerprint density at radius 1 is 1.55 bits per heavy atom. The Morgan fingerprint density at radius 2 is 2.36 bits per heavy atom. The van der Waals surface area contributed by atoms with Gasteiger partial charge in [0.15, 0.2) is 0 Å². The van der Waals surface area contributed by atoms with E-state index in [2.05, 4.69) is 0 Å². The maximum Gasteiger partial charge on any atom is 0.493 e. The number of hydrogen-bond acceptors (Lipinski definition) is 2. The molecule has 2 nitrogen and oxygen atoms in total. The van der Waals surface area contributed by atoms with E-state index in [9.17, 15) is 5.02 Å². The van der Waals surface area contributed by atoms with Crippen LogP contribution in [-0.2, 0) is 11.3 Å². The van der Waals surface area contributed by atoms with E-state index >= 15 is 0 Å². The lowest BCUT2D eigenvalue weighted by Crippen LogP contribution is -2.28. The number of fused-ring (bicyclic) bond motifs is 1. The molecule has 1 N–H and O–H groups in total. The Labute approximate surface area is 69.9 Å². The second kappa shape index (κ2) is 2.52. The molecule has 11 heavy (non-hydrogen) atoms. The first-order chi connectivity index (χ1) is 5.29. The van der Waals surface area contributed by atoms with Gasteiger partial charge in [0.25, 0.3) is 0 Å². The maximum atomic E-state index is 9.26. The van der Waals surface area contributed by atoms with Crippen molar-refractivity contribution in [3.05, 3.63) is 28.8 Å². The largest absolute Gasteiger partial charge is 0.493 e. The topological polar surface area (TPSA) is 29.5 Å². The van der Waals surface area contributed by atoms with E-state index in [0.717, 1.165) is 5.56 Å². The van der Waals surface area contributed by atoms with Crippen LogP contribution in [0.5, 0.6) is 0 Å². The van der Waals surface area contributed by atoms with Crippen LogP contribution in [-0.4, -0.2) is 12.1 Å². The van der Waals surface area contributed by atoms with Crippen molar-refractivity contribution in [3.8, 4) is 0 Å². The Kier molecular flexibility index (Phi) is 1.64. The zero-order valence-electron chi connectivity index (χ0n) is 5.75. The average molecular weight is 168 g/mol. The fraction of sp³-hybridized carbons (Fsp3) is 0.143. The summed E-state index contributed by atoms with van der Waals surface area (Å²) in [5.74, 6) is 0. The van der Waals surface area contributed by atoms with Crippen molar-refractivity contribution in [3.63, 3.8) is 0 Å². The van der Waals surface area contributed by atoms with E-state index in [4.69, 9.17) is 16.3 Å². The van der Waals surface area contributed by atoms with Crippen molar-refractivity contribution in [1.82, 2.24) is 0 Å². The number of benzene rings is 1. The van der Waals surface area contributed by atoms with Crippen LogP contribution in [0.15, 0.2) is 18.2 Å². The molecule has 0 spiro atoms. The monoisotopic (exact) mass is 168 g/mol. The van der Waals surface area contributed by atoms with Crippen molar-refractivity contribution < 1.29 is 9.68 Å². The molecule has 0 aliphatic carbocycles. The van der Waals surface area contributed by atoms with Crippen molar-refractivity contribution in [1.29, 1.82) is 0 Å². The summed E-state index contributed by atoms with van der Waals surface area (Å²) in [6, 6.07) is 5.50. The number of rotatable bonds is 0. The highest BCUT2D eigenvalue weighted by Crippen LogP contribution is 2.15. The highest BCUT2D eigenvalue weighted by molar-refractivity contribution is 6.65. The van der Waals surface area contributed by atoms with E-state index in [1.54, 1.807) is 6.07 Å². The first-order valence-electron chi connectivity index (χ1n) is 3.36. The molecule has 0 amide bonds.